The molecule has 0 saturated carbocycles. The summed E-state index contributed by atoms with van der Waals surface area (Å²) in [6.45, 7) is -1.88. The first-order chi connectivity index (χ1) is 13.5. The molecule has 2 rings (SSSR count). The molecule has 156 valence electrons. The van der Waals surface area contributed by atoms with Crippen LogP contribution in [0.1, 0.15) is 17.3 Å². The summed E-state index contributed by atoms with van der Waals surface area (Å²) < 4.78 is 74.1. The van der Waals surface area contributed by atoms with E-state index in [0.29, 0.717) is 0 Å². The summed E-state index contributed by atoms with van der Waals surface area (Å²) in [5, 5.41) is 2.29. The van der Waals surface area contributed by atoms with E-state index in [0.717, 1.165) is 24.3 Å². The van der Waals surface area contributed by atoms with Crippen molar-refractivity contribution in [3.05, 3.63) is 54.1 Å². The van der Waals surface area contributed by atoms with Crippen LogP contribution in [-0.4, -0.2) is 31.0 Å². The summed E-state index contributed by atoms with van der Waals surface area (Å²) in [4.78, 5) is 24.2. The third-order valence-corrected chi connectivity index (χ3v) is 3.34. The number of hydrogen-bond donors (Lipinski definition) is 1. The summed E-state index contributed by atoms with van der Waals surface area (Å²) in [6.07, 6.45) is -6.22. The highest BCUT2D eigenvalue weighted by Crippen LogP contribution is 2.26. The maximum Gasteiger partial charge on any atom is 0.573 e. The van der Waals surface area contributed by atoms with Crippen molar-refractivity contribution in [2.24, 2.45) is 0 Å². The Morgan fingerprint density at radius 2 is 1.62 bits per heavy atom. The van der Waals surface area contributed by atoms with Gasteiger partial charge in [0.2, 0.25) is 0 Å². The second-order valence-electron chi connectivity index (χ2n) is 5.48. The molecule has 1 atom stereocenters. The Hall–Kier alpha value is -3.37. The molecule has 1 amide bonds. The lowest BCUT2D eigenvalue weighted by Crippen LogP contribution is -2.30. The number of halogens is 5. The van der Waals surface area contributed by atoms with E-state index in [1.165, 1.54) is 31.2 Å². The van der Waals surface area contributed by atoms with E-state index in [1.807, 2.05) is 0 Å². The van der Waals surface area contributed by atoms with Crippen LogP contribution in [-0.2, 0) is 9.53 Å². The summed E-state index contributed by atoms with van der Waals surface area (Å²) in [7, 11) is 0. The molecule has 2 aromatic rings. The number of carbonyl (C=O) groups is 2. The minimum atomic E-state index is -4.88. The van der Waals surface area contributed by atoms with Gasteiger partial charge in [0.05, 0.1) is 11.3 Å². The molecule has 0 saturated heterocycles. The van der Waals surface area contributed by atoms with E-state index < -0.39 is 36.7 Å². The Kier molecular flexibility index (Phi) is 6.97. The number of alkyl halides is 5. The van der Waals surface area contributed by atoms with E-state index in [2.05, 4.69) is 14.8 Å². The van der Waals surface area contributed by atoms with Gasteiger partial charge in [-0.2, -0.15) is 8.78 Å². The maximum absolute atomic E-state index is 12.4. The first-order valence-corrected chi connectivity index (χ1v) is 7.96. The van der Waals surface area contributed by atoms with E-state index in [-0.39, 0.29) is 17.0 Å². The molecule has 0 aliphatic rings. The van der Waals surface area contributed by atoms with Crippen LogP contribution in [0.2, 0.25) is 0 Å². The van der Waals surface area contributed by atoms with Crippen molar-refractivity contribution in [3.63, 3.8) is 0 Å². The fourth-order valence-electron chi connectivity index (χ4n) is 2.08. The van der Waals surface area contributed by atoms with Gasteiger partial charge in [-0.05, 0) is 43.3 Å². The number of rotatable bonds is 7. The number of carbonyl (C=O) groups excluding carboxylic acids is 2. The third kappa shape index (κ3) is 6.94. The summed E-state index contributed by atoms with van der Waals surface area (Å²) in [5.41, 5.74) is -0.185. The van der Waals surface area contributed by atoms with Crippen LogP contribution in [0.25, 0.3) is 0 Å². The Morgan fingerprint density at radius 3 is 2.21 bits per heavy atom. The lowest BCUT2D eigenvalue weighted by Gasteiger charge is -2.16. The predicted molar refractivity (Wildman–Crippen MR) is 89.7 cm³/mol. The molecule has 0 fully saturated rings. The van der Waals surface area contributed by atoms with Crippen molar-refractivity contribution < 1.29 is 45.8 Å². The molecule has 6 nitrogen and oxygen atoms in total. The molecule has 0 aliphatic heterocycles. The van der Waals surface area contributed by atoms with Gasteiger partial charge in [-0.15, -0.1) is 13.2 Å². The topological polar surface area (TPSA) is 73.9 Å². The lowest BCUT2D eigenvalue weighted by molar-refractivity contribution is -0.274. The number of amides is 1. The van der Waals surface area contributed by atoms with Crippen LogP contribution in [0.4, 0.5) is 27.6 Å². The van der Waals surface area contributed by atoms with Gasteiger partial charge in [-0.25, -0.2) is 4.79 Å². The second kappa shape index (κ2) is 9.22. The van der Waals surface area contributed by atoms with Crippen molar-refractivity contribution >= 4 is 17.6 Å². The van der Waals surface area contributed by atoms with Gasteiger partial charge < -0.3 is 19.5 Å². The highest BCUT2D eigenvalue weighted by atomic mass is 19.4. The van der Waals surface area contributed by atoms with E-state index in [4.69, 9.17) is 4.74 Å². The number of ether oxygens (including phenoxy) is 3. The molecule has 0 spiro atoms. The summed E-state index contributed by atoms with van der Waals surface area (Å²) in [6, 6.07) is 9.28. The average Bonchev–Trinajstić information content (AvgIpc) is 2.62. The number of esters is 1. The number of nitrogens with one attached hydrogen (secondary N) is 1. The predicted octanol–water partition coefficient (Wildman–Crippen LogP) is 4.37. The minimum absolute atomic E-state index is 0.0608. The Morgan fingerprint density at radius 1 is 1.00 bits per heavy atom. The molecule has 1 unspecified atom stereocenters. The number of anilines is 1. The molecule has 0 radical (unpaired) electrons. The number of benzene rings is 2. The van der Waals surface area contributed by atoms with E-state index in [9.17, 15) is 31.5 Å². The monoisotopic (exact) mass is 419 g/mol. The Labute approximate surface area is 161 Å². The average molecular weight is 419 g/mol. The second-order valence-corrected chi connectivity index (χ2v) is 5.48. The first-order valence-electron chi connectivity index (χ1n) is 7.96. The molecule has 0 heterocycles. The SMILES string of the molecule is CC(OC(=O)c1ccc(OC(F)(F)F)cc1)C(=O)Nc1ccccc1OC(F)F. The van der Waals surface area contributed by atoms with Gasteiger partial charge in [-0.3, -0.25) is 4.79 Å². The highest BCUT2D eigenvalue weighted by Gasteiger charge is 2.31. The number of hydrogen-bond acceptors (Lipinski definition) is 5. The summed E-state index contributed by atoms with van der Waals surface area (Å²) in [5.74, 6) is -2.63. The van der Waals surface area contributed by atoms with Gasteiger partial charge in [0.15, 0.2) is 6.10 Å². The van der Waals surface area contributed by atoms with Crippen molar-refractivity contribution in [2.45, 2.75) is 26.0 Å². The van der Waals surface area contributed by atoms with Gasteiger partial charge in [0, 0.05) is 0 Å². The molecular weight excluding hydrogens is 405 g/mol. The molecule has 0 bridgehead atoms. The van der Waals surface area contributed by atoms with Crippen LogP contribution >= 0.6 is 0 Å². The first kappa shape index (κ1) is 21.9. The van der Waals surface area contributed by atoms with Crippen molar-refractivity contribution in [2.75, 3.05) is 5.32 Å². The maximum atomic E-state index is 12.4. The van der Waals surface area contributed by atoms with Crippen molar-refractivity contribution in [1.82, 2.24) is 0 Å². The third-order valence-electron chi connectivity index (χ3n) is 3.34. The fraction of sp³-hybridized carbons (Fsp3) is 0.222. The highest BCUT2D eigenvalue weighted by molar-refractivity contribution is 5.98. The standard InChI is InChI=1S/C18H14F5NO5/c1-10(15(25)24-13-4-2-3-5-14(13)28-17(19)20)27-16(26)11-6-8-12(9-7-11)29-18(21,22)23/h2-10,17H,1H3,(H,24,25). The van der Waals surface area contributed by atoms with Gasteiger partial charge in [-0.1, -0.05) is 12.1 Å². The van der Waals surface area contributed by atoms with Crippen molar-refractivity contribution in [3.8, 4) is 11.5 Å². The van der Waals surface area contributed by atoms with Crippen LogP contribution in [0.15, 0.2) is 48.5 Å². The molecule has 2 aromatic carbocycles. The van der Waals surface area contributed by atoms with Crippen LogP contribution in [0, 0.1) is 0 Å². The lowest BCUT2D eigenvalue weighted by atomic mass is 10.2. The van der Waals surface area contributed by atoms with E-state index >= 15 is 0 Å². The van der Waals surface area contributed by atoms with Gasteiger partial charge in [0.25, 0.3) is 5.91 Å². The zero-order chi connectivity index (χ0) is 21.6. The largest absolute Gasteiger partial charge is 0.573 e. The van der Waals surface area contributed by atoms with Gasteiger partial charge >= 0.3 is 18.9 Å². The number of para-hydroxylation sites is 2. The zero-order valence-electron chi connectivity index (χ0n) is 14.7. The smallest absolute Gasteiger partial charge is 0.449 e. The van der Waals surface area contributed by atoms with Crippen LogP contribution in [0.5, 0.6) is 11.5 Å². The molecule has 11 heteroatoms. The van der Waals surface area contributed by atoms with E-state index in [1.54, 1.807) is 0 Å². The van der Waals surface area contributed by atoms with Crippen LogP contribution < -0.4 is 14.8 Å². The molecule has 0 aliphatic carbocycles. The molecule has 1 N–H and O–H groups in total. The molecule has 29 heavy (non-hydrogen) atoms. The van der Waals surface area contributed by atoms with Crippen LogP contribution in [0.3, 0.4) is 0 Å². The summed E-state index contributed by atoms with van der Waals surface area (Å²) >= 11 is 0. The normalized spacial score (nSPS) is 12.2. The molecule has 0 aromatic heterocycles. The Bertz CT molecular complexity index is 854. The molecular formula is C18H14F5NO5. The zero-order valence-corrected chi connectivity index (χ0v) is 14.7. The Balaban J connectivity index is 1.98. The fourth-order valence-corrected chi connectivity index (χ4v) is 2.08. The van der Waals surface area contributed by atoms with Crippen molar-refractivity contribution in [1.29, 1.82) is 0 Å². The minimum Gasteiger partial charge on any atom is -0.449 e. The quantitative estimate of drug-likeness (QED) is 0.533. The van der Waals surface area contributed by atoms with Gasteiger partial charge in [0.1, 0.15) is 11.5 Å².